The van der Waals surface area contributed by atoms with Gasteiger partial charge in [-0.15, -0.1) is 0 Å². The Kier molecular flexibility index (Phi) is 11.3. The zero-order valence-corrected chi connectivity index (χ0v) is 4.31. The SMILES string of the molecule is [KH].[O-][Cl+2]([O-])O[Cl+2]([O-])[O-]. The van der Waals surface area contributed by atoms with Crippen molar-refractivity contribution in [3.8, 4) is 0 Å². The zero-order chi connectivity index (χ0) is 5.86. The van der Waals surface area contributed by atoms with Crippen LogP contribution in [0.5, 0.6) is 0 Å². The summed E-state index contributed by atoms with van der Waals surface area (Å²) in [6.07, 6.45) is 0. The predicted molar refractivity (Wildman–Crippen MR) is 8.23 cm³/mol. The van der Waals surface area contributed by atoms with Crippen molar-refractivity contribution in [1.29, 1.82) is 0 Å². The van der Waals surface area contributed by atoms with Crippen LogP contribution in [-0.4, -0.2) is 51.4 Å². The van der Waals surface area contributed by atoms with E-state index in [0.717, 1.165) is 0 Å². The van der Waals surface area contributed by atoms with Gasteiger partial charge in [0.2, 0.25) is 0 Å². The minimum absolute atomic E-state index is 0. The zero-order valence-electron chi connectivity index (χ0n) is 2.80. The van der Waals surface area contributed by atoms with Gasteiger partial charge in [0, 0.05) is 0 Å². The minimum atomic E-state index is -2.68. The molecule has 0 aliphatic heterocycles. The number of halogens is 2. The third-order valence-electron chi connectivity index (χ3n) is 0.0952. The van der Waals surface area contributed by atoms with Gasteiger partial charge in [-0.1, -0.05) is 0 Å². The van der Waals surface area contributed by atoms with Crippen LogP contribution in [0, 0.1) is 21.6 Å². The molecule has 8 heavy (non-hydrogen) atoms. The molecule has 0 aromatic carbocycles. The average Bonchev–Trinajstić information content (AvgIpc) is 1.27. The van der Waals surface area contributed by atoms with Crippen LogP contribution in [0.4, 0.5) is 0 Å². The molecule has 0 aliphatic carbocycles. The molecule has 0 radical (unpaired) electrons. The monoisotopic (exact) mass is 190 g/mol. The maximum absolute atomic E-state index is 9.15. The largest absolute Gasteiger partial charge is 0.424 e. The molecule has 0 fully saturated rings. The molecule has 0 aliphatic rings. The van der Waals surface area contributed by atoms with Crippen LogP contribution in [0.1, 0.15) is 0 Å². The first-order chi connectivity index (χ1) is 3.13. The van der Waals surface area contributed by atoms with Crippen molar-refractivity contribution in [1.82, 2.24) is 0 Å². The molecule has 0 N–H and O–H groups in total. The fourth-order valence-electron chi connectivity index (χ4n) is 0.0389. The van der Waals surface area contributed by atoms with Crippen molar-refractivity contribution in [3.63, 3.8) is 0 Å². The van der Waals surface area contributed by atoms with E-state index in [0.29, 0.717) is 0 Å². The van der Waals surface area contributed by atoms with Gasteiger partial charge in [0.25, 0.3) is 0 Å². The Bertz CT molecular complexity index is 39.7. The molecule has 46 valence electrons. The summed E-state index contributed by atoms with van der Waals surface area (Å²) < 4.78 is 39.6. The Morgan fingerprint density at radius 1 is 0.875 bits per heavy atom. The summed E-state index contributed by atoms with van der Waals surface area (Å²) in [7, 11) is -5.36. The fraction of sp³-hybridized carbons (Fsp3) is 0. The van der Waals surface area contributed by atoms with E-state index < -0.39 is 21.6 Å². The van der Waals surface area contributed by atoms with Crippen LogP contribution in [0.3, 0.4) is 0 Å². The molecule has 0 unspecified atom stereocenters. The second-order valence-corrected chi connectivity index (χ2v) is 1.66. The van der Waals surface area contributed by atoms with Crippen molar-refractivity contribution in [2.45, 2.75) is 0 Å². The maximum Gasteiger partial charge on any atom is 0.424 e. The normalized spacial score (nSPS) is 9.75. The van der Waals surface area contributed by atoms with Crippen LogP contribution in [0.25, 0.3) is 0 Å². The number of hydrogen-bond donors (Lipinski definition) is 0. The summed E-state index contributed by atoms with van der Waals surface area (Å²) in [6.45, 7) is 0. The van der Waals surface area contributed by atoms with Crippen LogP contribution in [-0.2, 0) is 3.84 Å². The van der Waals surface area contributed by atoms with Gasteiger partial charge in [-0.2, -0.15) is 0 Å². The molecule has 0 aromatic rings. The predicted octanol–water partition coefficient (Wildman–Crippen LogP) is -5.47. The third kappa shape index (κ3) is 10.9. The van der Waals surface area contributed by atoms with E-state index in [1.165, 1.54) is 0 Å². The van der Waals surface area contributed by atoms with Crippen LogP contribution in [0.2, 0.25) is 0 Å². The molecule has 8 heteroatoms. The van der Waals surface area contributed by atoms with Gasteiger partial charge in [0.1, 0.15) is 0 Å². The molecule has 0 saturated carbocycles. The average molecular weight is 191 g/mol. The van der Waals surface area contributed by atoms with Crippen molar-refractivity contribution in [3.05, 3.63) is 0 Å². The van der Waals surface area contributed by atoms with Gasteiger partial charge in [-0.05, 0) is 0 Å². The molecule has 0 bridgehead atoms. The van der Waals surface area contributed by atoms with Crippen molar-refractivity contribution >= 4 is 51.4 Å². The van der Waals surface area contributed by atoms with Gasteiger partial charge in [-0.3, -0.25) is 0 Å². The van der Waals surface area contributed by atoms with Crippen LogP contribution in [0.15, 0.2) is 0 Å². The summed E-state index contributed by atoms with van der Waals surface area (Å²) >= 11 is 0. The Labute approximate surface area is 93.9 Å². The second-order valence-electron chi connectivity index (χ2n) is 0.436. The smallest absolute Gasteiger partial charge is 0.311 e. The van der Waals surface area contributed by atoms with Crippen LogP contribution < -0.4 is 18.6 Å². The molecular weight excluding hydrogens is 190 g/mol. The van der Waals surface area contributed by atoms with Gasteiger partial charge in [0.15, 0.2) is 0 Å². The van der Waals surface area contributed by atoms with E-state index in [2.05, 4.69) is 3.84 Å². The second kappa shape index (κ2) is 7.13. The summed E-state index contributed by atoms with van der Waals surface area (Å²) in [6, 6.07) is 0. The molecule has 0 amide bonds. The van der Waals surface area contributed by atoms with Gasteiger partial charge in [-0.25, -0.2) is 0 Å². The summed E-state index contributed by atoms with van der Waals surface area (Å²) in [5.74, 6) is 0. The van der Waals surface area contributed by atoms with Crippen molar-refractivity contribution in [2.24, 2.45) is 0 Å². The quantitative estimate of drug-likeness (QED) is 0.405. The van der Waals surface area contributed by atoms with Crippen LogP contribution >= 0.6 is 0 Å². The summed E-state index contributed by atoms with van der Waals surface area (Å²) in [4.78, 5) is 0. The molecule has 0 heterocycles. The van der Waals surface area contributed by atoms with E-state index in [4.69, 9.17) is 18.6 Å². The van der Waals surface area contributed by atoms with E-state index >= 15 is 0 Å². The van der Waals surface area contributed by atoms with Crippen molar-refractivity contribution < 1.29 is 44.0 Å². The molecule has 5 nitrogen and oxygen atoms in total. The first-order valence-electron chi connectivity index (χ1n) is 0.926. The van der Waals surface area contributed by atoms with Gasteiger partial charge < -0.3 is 18.6 Å². The third-order valence-corrected chi connectivity index (χ3v) is 0.857. The van der Waals surface area contributed by atoms with E-state index in [1.54, 1.807) is 0 Å². The molecule has 0 rings (SSSR count). The fourth-order valence-corrected chi connectivity index (χ4v) is 0.350. The van der Waals surface area contributed by atoms with E-state index in [1.807, 2.05) is 0 Å². The standard InChI is InChI=1S/Cl2O5.K.H/c3-1(4)7-2(5)6;;. The summed E-state index contributed by atoms with van der Waals surface area (Å²) in [5.41, 5.74) is 0. The number of hydrogen-bond acceptors (Lipinski definition) is 5. The molecular formula is HCl2KO5. The first kappa shape index (κ1) is 12.7. The molecule has 0 saturated heterocycles. The molecule has 0 aromatic heterocycles. The Morgan fingerprint density at radius 2 is 1.12 bits per heavy atom. The van der Waals surface area contributed by atoms with E-state index in [-0.39, 0.29) is 51.4 Å². The first-order valence-corrected chi connectivity index (χ1v) is 2.78. The van der Waals surface area contributed by atoms with E-state index in [9.17, 15) is 0 Å². The molecule has 0 atom stereocenters. The Hall–Kier alpha value is 2.02. The Balaban J connectivity index is 0. The topological polar surface area (TPSA) is 101 Å². The number of rotatable bonds is 2. The van der Waals surface area contributed by atoms with Crippen molar-refractivity contribution in [2.75, 3.05) is 0 Å². The van der Waals surface area contributed by atoms with Gasteiger partial charge in [0.05, 0.1) is 0 Å². The Morgan fingerprint density at radius 3 is 1.12 bits per heavy atom. The maximum atomic E-state index is 9.15. The molecule has 0 spiro atoms. The summed E-state index contributed by atoms with van der Waals surface area (Å²) in [5, 5.41) is 0. The van der Waals surface area contributed by atoms with Gasteiger partial charge >= 0.3 is 76.8 Å². The minimum Gasteiger partial charge on any atom is -0.311 e.